The Bertz CT molecular complexity index is 1310. The van der Waals surface area contributed by atoms with Gasteiger partial charge in [0, 0.05) is 54.0 Å². The molecular formula is C26H25Cl2FN2O5S. The zero-order valence-electron chi connectivity index (χ0n) is 20.3. The van der Waals surface area contributed by atoms with E-state index in [-0.39, 0.29) is 26.3 Å². The standard InChI is InChI=1S/C26H25Cl2FN2O5S/c1-14(25(33)34)10-18-19(27)11-15(12-20(18)28)24(32)31-26-30-21(13-37-26)16-6-4-7-17(23(16)29)22(36-3)8-5-9-35-2/h4,6-7,10-13,22H,5,8-9H2,1-3H3,(H,33,34)(H,30,31,32)/b14-10+. The van der Waals surface area contributed by atoms with Crippen molar-refractivity contribution in [2.75, 3.05) is 26.1 Å². The number of rotatable bonds is 11. The predicted octanol–water partition coefficient (Wildman–Crippen LogP) is 7.11. The Morgan fingerprint density at radius 1 is 1.24 bits per heavy atom. The van der Waals surface area contributed by atoms with Crippen LogP contribution in [0.3, 0.4) is 0 Å². The number of thiazole rings is 1. The van der Waals surface area contributed by atoms with Crippen LogP contribution in [0.15, 0.2) is 41.3 Å². The van der Waals surface area contributed by atoms with E-state index in [9.17, 15) is 9.59 Å². The van der Waals surface area contributed by atoms with E-state index in [1.165, 1.54) is 32.2 Å². The van der Waals surface area contributed by atoms with Gasteiger partial charge in [-0.2, -0.15) is 0 Å². The van der Waals surface area contributed by atoms with Crippen molar-refractivity contribution in [1.82, 2.24) is 4.98 Å². The molecule has 0 aliphatic rings. The van der Waals surface area contributed by atoms with Crippen LogP contribution in [0.4, 0.5) is 9.52 Å². The van der Waals surface area contributed by atoms with Gasteiger partial charge in [0.1, 0.15) is 5.82 Å². The van der Waals surface area contributed by atoms with Crippen LogP contribution in [0.1, 0.15) is 47.4 Å². The van der Waals surface area contributed by atoms with Gasteiger partial charge in [0.15, 0.2) is 5.13 Å². The first kappa shape index (κ1) is 28.7. The number of hydrogen-bond acceptors (Lipinski definition) is 6. The maximum atomic E-state index is 15.4. The summed E-state index contributed by atoms with van der Waals surface area (Å²) in [6, 6.07) is 7.80. The lowest BCUT2D eigenvalue weighted by Gasteiger charge is -2.17. The number of anilines is 1. The SMILES string of the molecule is COCCCC(OC)c1cccc(-c2csc(NC(=O)c3cc(Cl)c(/C=C(\C)C(=O)O)c(Cl)c3)n2)c1F. The minimum atomic E-state index is -1.11. The van der Waals surface area contributed by atoms with E-state index >= 15 is 4.39 Å². The average Bonchev–Trinajstić information content (AvgIpc) is 3.32. The van der Waals surface area contributed by atoms with Crippen molar-refractivity contribution in [2.45, 2.75) is 25.9 Å². The second kappa shape index (κ2) is 13.1. The molecule has 1 atom stereocenters. The fourth-order valence-electron chi connectivity index (χ4n) is 3.57. The second-order valence-electron chi connectivity index (χ2n) is 8.05. The van der Waals surface area contributed by atoms with E-state index in [0.29, 0.717) is 35.4 Å². The Labute approximate surface area is 227 Å². The van der Waals surface area contributed by atoms with Crippen LogP contribution in [-0.4, -0.2) is 42.8 Å². The molecule has 0 fully saturated rings. The van der Waals surface area contributed by atoms with Crippen molar-refractivity contribution in [2.24, 2.45) is 0 Å². The number of nitrogens with one attached hydrogen (secondary N) is 1. The molecule has 0 bridgehead atoms. The highest BCUT2D eigenvalue weighted by Crippen LogP contribution is 2.34. The van der Waals surface area contributed by atoms with Crippen molar-refractivity contribution in [1.29, 1.82) is 0 Å². The molecule has 0 saturated heterocycles. The molecule has 3 rings (SSSR count). The molecule has 37 heavy (non-hydrogen) atoms. The molecule has 0 aliphatic heterocycles. The molecule has 3 aromatic rings. The van der Waals surface area contributed by atoms with Crippen LogP contribution in [-0.2, 0) is 14.3 Å². The molecule has 196 valence electrons. The summed E-state index contributed by atoms with van der Waals surface area (Å²) < 4.78 is 26.0. The maximum Gasteiger partial charge on any atom is 0.331 e. The van der Waals surface area contributed by atoms with Crippen molar-refractivity contribution in [3.63, 3.8) is 0 Å². The topological polar surface area (TPSA) is 97.8 Å². The third-order valence-corrected chi connectivity index (χ3v) is 6.90. The van der Waals surface area contributed by atoms with Gasteiger partial charge in [0.05, 0.1) is 21.8 Å². The van der Waals surface area contributed by atoms with E-state index in [1.54, 1.807) is 30.7 Å². The molecule has 1 unspecified atom stereocenters. The molecule has 0 radical (unpaired) electrons. The number of aromatic nitrogens is 1. The van der Waals surface area contributed by atoms with E-state index in [1.807, 2.05) is 0 Å². The number of aliphatic carboxylic acids is 1. The van der Waals surface area contributed by atoms with Gasteiger partial charge in [-0.15, -0.1) is 11.3 Å². The number of carbonyl (C=O) groups is 2. The predicted molar refractivity (Wildman–Crippen MR) is 144 cm³/mol. The van der Waals surface area contributed by atoms with Gasteiger partial charge in [-0.1, -0.05) is 35.3 Å². The lowest BCUT2D eigenvalue weighted by Crippen LogP contribution is -2.12. The van der Waals surface area contributed by atoms with Gasteiger partial charge in [-0.25, -0.2) is 14.2 Å². The minimum absolute atomic E-state index is 0.0411. The molecule has 7 nitrogen and oxygen atoms in total. The normalized spacial score (nSPS) is 12.4. The van der Waals surface area contributed by atoms with Crippen LogP contribution in [0.5, 0.6) is 0 Å². The number of carboxylic acid groups (broad SMARTS) is 1. The molecule has 0 saturated carbocycles. The Kier molecular flexibility index (Phi) is 10.2. The van der Waals surface area contributed by atoms with Crippen LogP contribution in [0, 0.1) is 5.82 Å². The summed E-state index contributed by atoms with van der Waals surface area (Å²) in [5.74, 6) is -2.07. The summed E-state index contributed by atoms with van der Waals surface area (Å²) in [4.78, 5) is 28.3. The molecule has 1 heterocycles. The average molecular weight is 567 g/mol. The molecule has 2 N–H and O–H groups in total. The first-order chi connectivity index (χ1) is 17.7. The summed E-state index contributed by atoms with van der Waals surface area (Å²) in [5.41, 5.74) is 1.57. The zero-order valence-corrected chi connectivity index (χ0v) is 22.6. The largest absolute Gasteiger partial charge is 0.478 e. The number of carbonyl (C=O) groups excluding carboxylic acids is 1. The van der Waals surface area contributed by atoms with Crippen molar-refractivity contribution < 1.29 is 28.6 Å². The lowest BCUT2D eigenvalue weighted by molar-refractivity contribution is -0.132. The number of amides is 1. The number of methoxy groups -OCH3 is 2. The van der Waals surface area contributed by atoms with Crippen molar-refractivity contribution >= 4 is 57.6 Å². The smallest absolute Gasteiger partial charge is 0.331 e. The van der Waals surface area contributed by atoms with Gasteiger partial charge in [-0.05, 0) is 44.0 Å². The van der Waals surface area contributed by atoms with E-state index < -0.39 is 23.8 Å². The van der Waals surface area contributed by atoms with Gasteiger partial charge in [0.2, 0.25) is 0 Å². The van der Waals surface area contributed by atoms with E-state index in [2.05, 4.69) is 10.3 Å². The first-order valence-corrected chi connectivity index (χ1v) is 12.8. The molecule has 2 aromatic carbocycles. The summed E-state index contributed by atoms with van der Waals surface area (Å²) in [6.45, 7) is 1.96. The zero-order chi connectivity index (χ0) is 27.1. The number of carboxylic acids is 1. The van der Waals surface area contributed by atoms with Gasteiger partial charge < -0.3 is 14.6 Å². The van der Waals surface area contributed by atoms with Gasteiger partial charge in [-0.3, -0.25) is 10.1 Å². The third kappa shape index (κ3) is 7.15. The van der Waals surface area contributed by atoms with Crippen LogP contribution in [0.25, 0.3) is 17.3 Å². The van der Waals surface area contributed by atoms with E-state index in [4.69, 9.17) is 37.8 Å². The number of benzene rings is 2. The Hall–Kier alpha value is -2.82. The molecule has 11 heteroatoms. The Morgan fingerprint density at radius 2 is 1.95 bits per heavy atom. The summed E-state index contributed by atoms with van der Waals surface area (Å²) in [5, 5.41) is 13.9. The Morgan fingerprint density at radius 3 is 2.57 bits per heavy atom. The number of hydrogen-bond donors (Lipinski definition) is 2. The number of nitrogens with zero attached hydrogens (tertiary/aromatic N) is 1. The highest BCUT2D eigenvalue weighted by Gasteiger charge is 2.20. The quantitative estimate of drug-likeness (QED) is 0.189. The van der Waals surface area contributed by atoms with E-state index in [0.717, 1.165) is 17.8 Å². The molecule has 1 amide bonds. The monoisotopic (exact) mass is 566 g/mol. The Balaban J connectivity index is 1.80. The minimum Gasteiger partial charge on any atom is -0.478 e. The fraction of sp³-hybridized carbons (Fsp3) is 0.269. The van der Waals surface area contributed by atoms with Crippen LogP contribution < -0.4 is 5.32 Å². The summed E-state index contributed by atoms with van der Waals surface area (Å²) in [6.07, 6.45) is 2.21. The van der Waals surface area contributed by atoms with Gasteiger partial charge in [0.25, 0.3) is 5.91 Å². The molecular weight excluding hydrogens is 542 g/mol. The molecule has 1 aromatic heterocycles. The molecule has 0 spiro atoms. The van der Waals surface area contributed by atoms with Crippen molar-refractivity contribution in [3.8, 4) is 11.3 Å². The summed E-state index contributed by atoms with van der Waals surface area (Å²) >= 11 is 13.6. The first-order valence-electron chi connectivity index (χ1n) is 11.1. The van der Waals surface area contributed by atoms with Crippen LogP contribution in [0.2, 0.25) is 10.0 Å². The van der Waals surface area contributed by atoms with Crippen molar-refractivity contribution in [3.05, 3.63) is 73.8 Å². The highest BCUT2D eigenvalue weighted by molar-refractivity contribution is 7.14. The van der Waals surface area contributed by atoms with Crippen LogP contribution >= 0.6 is 34.5 Å². The molecule has 0 aliphatic carbocycles. The number of ether oxygens (including phenoxy) is 2. The maximum absolute atomic E-state index is 15.4. The lowest BCUT2D eigenvalue weighted by atomic mass is 10.00. The second-order valence-corrected chi connectivity index (χ2v) is 9.72. The fourth-order valence-corrected chi connectivity index (χ4v) is 4.87. The number of halogens is 3. The third-order valence-electron chi connectivity index (χ3n) is 5.51. The van der Waals surface area contributed by atoms with Gasteiger partial charge >= 0.3 is 5.97 Å². The highest BCUT2D eigenvalue weighted by atomic mass is 35.5. The summed E-state index contributed by atoms with van der Waals surface area (Å²) in [7, 11) is 3.15.